The predicted octanol–water partition coefficient (Wildman–Crippen LogP) is -1.61. The van der Waals surface area contributed by atoms with Gasteiger partial charge in [-0.15, -0.1) is 0 Å². The SMILES string of the molecule is CC(O)S(=O)(=O)O.O. The second-order valence-corrected chi connectivity index (χ2v) is 2.83. The van der Waals surface area contributed by atoms with Crippen molar-refractivity contribution < 1.29 is 23.6 Å². The topological polar surface area (TPSA) is 106 Å². The van der Waals surface area contributed by atoms with Crippen molar-refractivity contribution in [1.82, 2.24) is 0 Å². The molecule has 0 aliphatic heterocycles. The summed E-state index contributed by atoms with van der Waals surface area (Å²) in [4.78, 5) is 0. The first-order valence-corrected chi connectivity index (χ1v) is 3.09. The van der Waals surface area contributed by atoms with Gasteiger partial charge in [-0.05, 0) is 6.92 Å². The van der Waals surface area contributed by atoms with Gasteiger partial charge >= 0.3 is 0 Å². The molecule has 0 amide bonds. The molecule has 6 heteroatoms. The molecule has 0 saturated heterocycles. The minimum atomic E-state index is -4.19. The van der Waals surface area contributed by atoms with E-state index in [9.17, 15) is 8.42 Å². The molecule has 4 N–H and O–H groups in total. The molecule has 0 rings (SSSR count). The highest BCUT2D eigenvalue weighted by Crippen LogP contribution is 1.88. The molecule has 52 valence electrons. The molecule has 0 aromatic carbocycles. The third-order valence-corrected chi connectivity index (χ3v) is 1.29. The van der Waals surface area contributed by atoms with Crippen molar-refractivity contribution in [2.75, 3.05) is 0 Å². The molecular formula is C2H8O5S. The zero-order chi connectivity index (χ0) is 6.08. The number of hydrogen-bond acceptors (Lipinski definition) is 3. The minimum Gasteiger partial charge on any atom is -0.412 e. The number of rotatable bonds is 1. The van der Waals surface area contributed by atoms with Crippen molar-refractivity contribution in [3.63, 3.8) is 0 Å². The number of hydrogen-bond donors (Lipinski definition) is 2. The Morgan fingerprint density at radius 2 is 1.62 bits per heavy atom. The van der Waals surface area contributed by atoms with Crippen LogP contribution in [0.3, 0.4) is 0 Å². The maximum Gasteiger partial charge on any atom is 0.291 e. The van der Waals surface area contributed by atoms with E-state index < -0.39 is 15.6 Å². The second kappa shape index (κ2) is 2.98. The van der Waals surface area contributed by atoms with Crippen molar-refractivity contribution in [2.45, 2.75) is 12.4 Å². The van der Waals surface area contributed by atoms with E-state index in [0.29, 0.717) is 0 Å². The lowest BCUT2D eigenvalue weighted by Gasteiger charge is -1.94. The molecule has 1 atom stereocenters. The van der Waals surface area contributed by atoms with Crippen LogP contribution in [0.1, 0.15) is 6.92 Å². The zero-order valence-electron chi connectivity index (χ0n) is 4.20. The smallest absolute Gasteiger partial charge is 0.291 e. The molecule has 0 aromatic heterocycles. The second-order valence-electron chi connectivity index (χ2n) is 1.11. The average molecular weight is 144 g/mol. The van der Waals surface area contributed by atoms with Gasteiger partial charge in [-0.3, -0.25) is 4.55 Å². The normalized spacial score (nSPS) is 14.4. The molecule has 0 spiro atoms. The highest BCUT2D eigenvalue weighted by molar-refractivity contribution is 7.86. The maximum absolute atomic E-state index is 9.64. The summed E-state index contributed by atoms with van der Waals surface area (Å²) < 4.78 is 27.1. The molecule has 0 fully saturated rings. The lowest BCUT2D eigenvalue weighted by atomic mass is 10.9. The van der Waals surface area contributed by atoms with E-state index in [4.69, 9.17) is 9.66 Å². The highest BCUT2D eigenvalue weighted by Gasteiger charge is 2.10. The van der Waals surface area contributed by atoms with E-state index in [1.165, 1.54) is 0 Å². The van der Waals surface area contributed by atoms with Gasteiger partial charge < -0.3 is 10.6 Å². The summed E-state index contributed by atoms with van der Waals surface area (Å²) in [5.74, 6) is 0. The Labute approximate surface area is 47.0 Å². The van der Waals surface area contributed by atoms with Gasteiger partial charge in [0, 0.05) is 0 Å². The highest BCUT2D eigenvalue weighted by atomic mass is 32.2. The minimum absolute atomic E-state index is 0. The molecule has 0 aliphatic rings. The summed E-state index contributed by atoms with van der Waals surface area (Å²) in [5.41, 5.74) is -1.67. The first kappa shape index (κ1) is 10.7. The average Bonchev–Trinajstić information content (AvgIpc) is 1.31. The fourth-order valence-corrected chi connectivity index (χ4v) is 0. The molecule has 8 heavy (non-hydrogen) atoms. The van der Waals surface area contributed by atoms with Gasteiger partial charge in [-0.25, -0.2) is 0 Å². The third-order valence-electron chi connectivity index (χ3n) is 0.431. The van der Waals surface area contributed by atoms with E-state index in [2.05, 4.69) is 0 Å². The van der Waals surface area contributed by atoms with Crippen LogP contribution >= 0.6 is 0 Å². The van der Waals surface area contributed by atoms with E-state index >= 15 is 0 Å². The van der Waals surface area contributed by atoms with Gasteiger partial charge in [0.25, 0.3) is 10.1 Å². The van der Waals surface area contributed by atoms with Crippen LogP contribution in [0.2, 0.25) is 0 Å². The monoisotopic (exact) mass is 144 g/mol. The molecule has 0 radical (unpaired) electrons. The first-order chi connectivity index (χ1) is 2.94. The maximum atomic E-state index is 9.64. The van der Waals surface area contributed by atoms with Crippen LogP contribution in [-0.4, -0.2) is 29.0 Å². The Morgan fingerprint density at radius 3 is 1.62 bits per heavy atom. The molecule has 5 nitrogen and oxygen atoms in total. The van der Waals surface area contributed by atoms with Gasteiger partial charge in [0.05, 0.1) is 0 Å². The Morgan fingerprint density at radius 1 is 1.50 bits per heavy atom. The standard InChI is InChI=1S/C2H6O4S.H2O/c1-2(3)7(4,5)6;/h2-3H,1H3,(H,4,5,6);1H2. The van der Waals surface area contributed by atoms with Gasteiger partial charge in [0.15, 0.2) is 5.44 Å². The van der Waals surface area contributed by atoms with Crippen LogP contribution in [0, 0.1) is 0 Å². The van der Waals surface area contributed by atoms with Crippen LogP contribution in [0.4, 0.5) is 0 Å². The van der Waals surface area contributed by atoms with Gasteiger partial charge in [0.1, 0.15) is 0 Å². The van der Waals surface area contributed by atoms with Gasteiger partial charge in [-0.1, -0.05) is 0 Å². The molecular weight excluding hydrogens is 136 g/mol. The lowest BCUT2D eigenvalue weighted by Crippen LogP contribution is -2.14. The number of aliphatic hydroxyl groups is 1. The Kier molecular flexibility index (Phi) is 4.00. The van der Waals surface area contributed by atoms with Crippen molar-refractivity contribution in [3.05, 3.63) is 0 Å². The first-order valence-electron chi connectivity index (χ1n) is 1.59. The van der Waals surface area contributed by atoms with E-state index in [1.54, 1.807) is 0 Å². The van der Waals surface area contributed by atoms with Crippen LogP contribution in [0.25, 0.3) is 0 Å². The molecule has 0 aromatic rings. The molecule has 0 bridgehead atoms. The Hall–Kier alpha value is -0.170. The van der Waals surface area contributed by atoms with Crippen LogP contribution in [0.15, 0.2) is 0 Å². The van der Waals surface area contributed by atoms with Crippen LogP contribution in [-0.2, 0) is 10.1 Å². The summed E-state index contributed by atoms with van der Waals surface area (Å²) in [7, 11) is -4.19. The summed E-state index contributed by atoms with van der Waals surface area (Å²) in [5, 5.41) is 8.05. The molecule has 1 unspecified atom stereocenters. The van der Waals surface area contributed by atoms with Crippen LogP contribution < -0.4 is 0 Å². The van der Waals surface area contributed by atoms with Crippen molar-refractivity contribution in [3.8, 4) is 0 Å². The summed E-state index contributed by atoms with van der Waals surface area (Å²) in [6.45, 7) is 0.968. The fourth-order valence-electron chi connectivity index (χ4n) is 0. The fraction of sp³-hybridized carbons (Fsp3) is 1.00. The van der Waals surface area contributed by atoms with Crippen LogP contribution in [0.5, 0.6) is 0 Å². The van der Waals surface area contributed by atoms with E-state index in [0.717, 1.165) is 6.92 Å². The Balaban J connectivity index is 0. The van der Waals surface area contributed by atoms with Crippen molar-refractivity contribution in [2.24, 2.45) is 0 Å². The third kappa shape index (κ3) is 4.00. The van der Waals surface area contributed by atoms with Gasteiger partial charge in [-0.2, -0.15) is 8.42 Å². The van der Waals surface area contributed by atoms with Gasteiger partial charge in [0.2, 0.25) is 0 Å². The quantitative estimate of drug-likeness (QED) is 0.431. The molecule has 0 aliphatic carbocycles. The summed E-state index contributed by atoms with van der Waals surface area (Å²) in [6.07, 6.45) is 0. The van der Waals surface area contributed by atoms with E-state index in [1.807, 2.05) is 0 Å². The lowest BCUT2D eigenvalue weighted by molar-refractivity contribution is 0.252. The molecule has 0 saturated carbocycles. The zero-order valence-corrected chi connectivity index (χ0v) is 5.01. The summed E-state index contributed by atoms with van der Waals surface area (Å²) in [6, 6.07) is 0. The van der Waals surface area contributed by atoms with E-state index in [-0.39, 0.29) is 5.48 Å². The van der Waals surface area contributed by atoms with Crippen molar-refractivity contribution >= 4 is 10.1 Å². The summed E-state index contributed by atoms with van der Waals surface area (Å²) >= 11 is 0. The van der Waals surface area contributed by atoms with Crippen molar-refractivity contribution in [1.29, 1.82) is 0 Å². The Bertz CT molecular complexity index is 133. The molecule has 0 heterocycles. The largest absolute Gasteiger partial charge is 0.412 e. The predicted molar refractivity (Wildman–Crippen MR) is 26.8 cm³/mol. The number of aliphatic hydroxyl groups excluding tert-OH is 1.